The lowest BCUT2D eigenvalue weighted by Crippen LogP contribution is -2.18. The Hall–Kier alpha value is -2.05. The van der Waals surface area contributed by atoms with Crippen molar-refractivity contribution in [3.63, 3.8) is 0 Å². The van der Waals surface area contributed by atoms with Gasteiger partial charge in [0.05, 0.1) is 0 Å². The molecule has 0 spiro atoms. The molecule has 0 amide bonds. The molecule has 1 aliphatic rings. The van der Waals surface area contributed by atoms with E-state index in [4.69, 9.17) is 11.6 Å². The van der Waals surface area contributed by atoms with Crippen LogP contribution in [0.3, 0.4) is 0 Å². The van der Waals surface area contributed by atoms with Gasteiger partial charge >= 0.3 is 0 Å². The minimum Gasteiger partial charge on any atom is -0.0843 e. The molecule has 0 heterocycles. The number of fused-ring (bicyclic) bond motifs is 3. The molecule has 0 bridgehead atoms. The third kappa shape index (κ3) is 3.40. The van der Waals surface area contributed by atoms with Crippen molar-refractivity contribution in [2.45, 2.75) is 71.6 Å². The first kappa shape index (κ1) is 21.2. The average molecular weight is 417 g/mol. The smallest absolute Gasteiger partial charge is 0.0409 e. The molecule has 1 aliphatic carbocycles. The average Bonchev–Trinajstić information content (AvgIpc) is 2.87. The molecular weight excluding hydrogens is 384 g/mol. The molecule has 0 saturated carbocycles. The molecule has 0 N–H and O–H groups in total. The summed E-state index contributed by atoms with van der Waals surface area (Å²) in [7, 11) is 0. The van der Waals surface area contributed by atoms with Crippen LogP contribution in [0.2, 0.25) is 5.02 Å². The summed E-state index contributed by atoms with van der Waals surface area (Å²) in [6, 6.07) is 20.4. The third-order valence-corrected chi connectivity index (χ3v) is 6.87. The maximum Gasteiger partial charge on any atom is 0.0409 e. The normalized spacial score (nSPS) is 15.1. The van der Waals surface area contributed by atoms with E-state index in [1.807, 2.05) is 6.07 Å². The molecule has 156 valence electrons. The van der Waals surface area contributed by atoms with Crippen molar-refractivity contribution in [1.82, 2.24) is 0 Å². The molecule has 0 radical (unpaired) electrons. The van der Waals surface area contributed by atoms with Crippen molar-refractivity contribution >= 4 is 11.6 Å². The van der Waals surface area contributed by atoms with Crippen molar-refractivity contribution in [3.8, 4) is 22.3 Å². The molecule has 0 unspecified atom stereocenters. The van der Waals surface area contributed by atoms with Gasteiger partial charge in [0.1, 0.15) is 0 Å². The number of benzene rings is 3. The second-order valence-corrected chi connectivity index (χ2v) is 11.8. The standard InChI is InChI=1S/C29H33Cl/c1-27(2,3)19-11-9-18(10-12-19)23-15-20(28(4,5)6)16-24-22-14-13-21(30)17-25(22)29(7,8)26(23)24/h9-17H,1-8H3. The van der Waals surface area contributed by atoms with Crippen LogP contribution < -0.4 is 0 Å². The lowest BCUT2D eigenvalue weighted by Gasteiger charge is -2.28. The van der Waals surface area contributed by atoms with Crippen molar-refractivity contribution in [3.05, 3.63) is 81.9 Å². The van der Waals surface area contributed by atoms with Crippen molar-refractivity contribution in [2.24, 2.45) is 0 Å². The van der Waals surface area contributed by atoms with Crippen molar-refractivity contribution in [2.75, 3.05) is 0 Å². The fourth-order valence-corrected chi connectivity index (χ4v) is 4.91. The largest absolute Gasteiger partial charge is 0.0843 e. The maximum absolute atomic E-state index is 6.41. The molecule has 0 atom stereocenters. The molecule has 1 heteroatoms. The van der Waals surface area contributed by atoms with Gasteiger partial charge in [-0.3, -0.25) is 0 Å². The Balaban J connectivity index is 2.02. The van der Waals surface area contributed by atoms with E-state index in [1.54, 1.807) is 0 Å². The number of rotatable bonds is 1. The highest BCUT2D eigenvalue weighted by atomic mass is 35.5. The summed E-state index contributed by atoms with van der Waals surface area (Å²) in [4.78, 5) is 0. The van der Waals surface area contributed by atoms with Gasteiger partial charge in [-0.1, -0.05) is 109 Å². The maximum atomic E-state index is 6.41. The monoisotopic (exact) mass is 416 g/mol. The summed E-state index contributed by atoms with van der Waals surface area (Å²) in [5.74, 6) is 0. The predicted octanol–water partition coefficient (Wildman–Crippen LogP) is 8.91. The summed E-state index contributed by atoms with van der Waals surface area (Å²) in [6.07, 6.45) is 0. The summed E-state index contributed by atoms with van der Waals surface area (Å²) in [5, 5.41) is 0.807. The number of hydrogen-bond acceptors (Lipinski definition) is 0. The van der Waals surface area contributed by atoms with Gasteiger partial charge in [-0.25, -0.2) is 0 Å². The highest BCUT2D eigenvalue weighted by Crippen LogP contribution is 2.54. The van der Waals surface area contributed by atoms with E-state index < -0.39 is 0 Å². The van der Waals surface area contributed by atoms with Crippen LogP contribution in [-0.4, -0.2) is 0 Å². The highest BCUT2D eigenvalue weighted by Gasteiger charge is 2.38. The van der Waals surface area contributed by atoms with E-state index in [1.165, 1.54) is 44.5 Å². The SMILES string of the molecule is CC(C)(C)c1ccc(-c2cc(C(C)(C)C)cc3c2C(C)(C)c2cc(Cl)ccc2-3)cc1. The zero-order valence-electron chi connectivity index (χ0n) is 19.6. The van der Waals surface area contributed by atoms with Crippen molar-refractivity contribution in [1.29, 1.82) is 0 Å². The Morgan fingerprint density at radius 3 is 1.77 bits per heavy atom. The van der Waals surface area contributed by atoms with Gasteiger partial charge in [-0.2, -0.15) is 0 Å². The highest BCUT2D eigenvalue weighted by molar-refractivity contribution is 6.30. The predicted molar refractivity (Wildman–Crippen MR) is 132 cm³/mol. The van der Waals surface area contributed by atoms with Crippen LogP contribution in [0.5, 0.6) is 0 Å². The topological polar surface area (TPSA) is 0 Å². The van der Waals surface area contributed by atoms with Crippen LogP contribution in [0.4, 0.5) is 0 Å². The molecule has 4 rings (SSSR count). The van der Waals surface area contributed by atoms with E-state index in [9.17, 15) is 0 Å². The summed E-state index contributed by atoms with van der Waals surface area (Å²) >= 11 is 6.41. The molecule has 0 aromatic heterocycles. The molecular formula is C29H33Cl. The van der Waals surface area contributed by atoms with E-state index in [-0.39, 0.29) is 16.2 Å². The van der Waals surface area contributed by atoms with Gasteiger partial charge in [-0.05, 0) is 67.5 Å². The van der Waals surface area contributed by atoms with Crippen LogP contribution in [0.15, 0.2) is 54.6 Å². The molecule has 0 saturated heterocycles. The second-order valence-electron chi connectivity index (χ2n) is 11.3. The first-order valence-electron chi connectivity index (χ1n) is 10.9. The number of halogens is 1. The first-order valence-corrected chi connectivity index (χ1v) is 11.3. The van der Waals surface area contributed by atoms with Gasteiger partial charge in [0, 0.05) is 10.4 Å². The Kier molecular flexibility index (Phi) is 4.75. The quantitative estimate of drug-likeness (QED) is 0.371. The molecule has 30 heavy (non-hydrogen) atoms. The molecule has 3 aromatic rings. The lowest BCUT2D eigenvalue weighted by molar-refractivity contribution is 0.589. The van der Waals surface area contributed by atoms with Gasteiger partial charge < -0.3 is 0 Å². The van der Waals surface area contributed by atoms with Crippen LogP contribution in [0.1, 0.15) is 77.6 Å². The Labute approximate surface area is 187 Å². The van der Waals surface area contributed by atoms with Gasteiger partial charge in [0.15, 0.2) is 0 Å². The summed E-state index contributed by atoms with van der Waals surface area (Å²) < 4.78 is 0. The van der Waals surface area contributed by atoms with Crippen molar-refractivity contribution < 1.29 is 0 Å². The summed E-state index contributed by atoms with van der Waals surface area (Å²) in [6.45, 7) is 18.4. The van der Waals surface area contributed by atoms with E-state index in [0.717, 1.165) is 5.02 Å². The van der Waals surface area contributed by atoms with Crippen LogP contribution in [-0.2, 0) is 16.2 Å². The molecule has 0 nitrogen and oxygen atoms in total. The van der Waals surface area contributed by atoms with Gasteiger partial charge in [-0.15, -0.1) is 0 Å². The fraction of sp³-hybridized carbons (Fsp3) is 0.379. The minimum absolute atomic E-state index is 0.0778. The molecule has 0 fully saturated rings. The van der Waals surface area contributed by atoms with Gasteiger partial charge in [0.2, 0.25) is 0 Å². The lowest BCUT2D eigenvalue weighted by atomic mass is 9.76. The Bertz CT molecular complexity index is 1120. The first-order chi connectivity index (χ1) is 13.8. The Morgan fingerprint density at radius 2 is 1.20 bits per heavy atom. The molecule has 0 aliphatic heterocycles. The zero-order chi connectivity index (χ0) is 22.1. The fourth-order valence-electron chi connectivity index (χ4n) is 4.74. The van der Waals surface area contributed by atoms with Crippen LogP contribution >= 0.6 is 11.6 Å². The number of hydrogen-bond donors (Lipinski definition) is 0. The van der Waals surface area contributed by atoms with Gasteiger partial charge in [0.25, 0.3) is 0 Å². The zero-order valence-corrected chi connectivity index (χ0v) is 20.3. The third-order valence-electron chi connectivity index (χ3n) is 6.64. The Morgan fingerprint density at radius 1 is 0.633 bits per heavy atom. The molecule has 3 aromatic carbocycles. The van der Waals surface area contributed by atoms with E-state index >= 15 is 0 Å². The van der Waals surface area contributed by atoms with Crippen LogP contribution in [0.25, 0.3) is 22.3 Å². The van der Waals surface area contributed by atoms with E-state index in [2.05, 4.69) is 104 Å². The second kappa shape index (κ2) is 6.72. The van der Waals surface area contributed by atoms with Crippen LogP contribution in [0, 0.1) is 0 Å². The minimum atomic E-state index is -0.0932. The summed E-state index contributed by atoms with van der Waals surface area (Å²) in [5.41, 5.74) is 10.9. The van der Waals surface area contributed by atoms with E-state index in [0.29, 0.717) is 0 Å².